The predicted octanol–water partition coefficient (Wildman–Crippen LogP) is 2.58. The highest BCUT2D eigenvalue weighted by molar-refractivity contribution is 5.37. The van der Waals surface area contributed by atoms with E-state index in [1.54, 1.807) is 0 Å². The fourth-order valence-corrected chi connectivity index (χ4v) is 1.39. The maximum Gasteiger partial charge on any atom is 0.124 e. The van der Waals surface area contributed by atoms with Gasteiger partial charge in [0.15, 0.2) is 0 Å². The van der Waals surface area contributed by atoms with Gasteiger partial charge in [0.05, 0.1) is 5.69 Å². The van der Waals surface area contributed by atoms with Crippen LogP contribution in [0.25, 0.3) is 0 Å². The van der Waals surface area contributed by atoms with Gasteiger partial charge in [-0.05, 0) is 19.8 Å². The largest absolute Gasteiger partial charge is 0.368 e. The SMILES string of the molecule is CCCc1cc(NC(C)CC)n(C)n1. The molecule has 3 nitrogen and oxygen atoms in total. The Hall–Kier alpha value is -0.990. The van der Waals surface area contributed by atoms with Crippen molar-refractivity contribution in [3.8, 4) is 0 Å². The predicted molar refractivity (Wildman–Crippen MR) is 60.6 cm³/mol. The van der Waals surface area contributed by atoms with Crippen LogP contribution in [0.15, 0.2) is 6.07 Å². The minimum Gasteiger partial charge on any atom is -0.368 e. The van der Waals surface area contributed by atoms with E-state index in [2.05, 4.69) is 37.3 Å². The van der Waals surface area contributed by atoms with Crippen LogP contribution in [0.2, 0.25) is 0 Å². The molecule has 0 fully saturated rings. The summed E-state index contributed by atoms with van der Waals surface area (Å²) in [6, 6.07) is 2.66. The van der Waals surface area contributed by atoms with E-state index in [1.807, 2.05) is 11.7 Å². The summed E-state index contributed by atoms with van der Waals surface area (Å²) in [6.07, 6.45) is 3.35. The molecule has 1 aromatic rings. The van der Waals surface area contributed by atoms with E-state index in [1.165, 1.54) is 5.69 Å². The molecule has 0 bridgehead atoms. The molecule has 3 heteroatoms. The Balaban J connectivity index is 2.67. The second-order valence-electron chi connectivity index (χ2n) is 3.85. The number of nitrogens with zero attached hydrogens (tertiary/aromatic N) is 2. The van der Waals surface area contributed by atoms with Gasteiger partial charge in [-0.1, -0.05) is 20.3 Å². The molecular formula is C11H21N3. The molecule has 1 aromatic heterocycles. The summed E-state index contributed by atoms with van der Waals surface area (Å²) in [7, 11) is 1.99. The lowest BCUT2D eigenvalue weighted by Crippen LogP contribution is -2.15. The number of aryl methyl sites for hydroxylation is 2. The van der Waals surface area contributed by atoms with Gasteiger partial charge in [0.25, 0.3) is 0 Å². The third kappa shape index (κ3) is 2.76. The third-order valence-corrected chi connectivity index (χ3v) is 2.44. The number of anilines is 1. The molecule has 0 radical (unpaired) electrons. The van der Waals surface area contributed by atoms with Crippen LogP contribution in [-0.2, 0) is 13.5 Å². The Labute approximate surface area is 86.5 Å². The van der Waals surface area contributed by atoms with Crippen LogP contribution in [0.5, 0.6) is 0 Å². The fraction of sp³-hybridized carbons (Fsp3) is 0.727. The van der Waals surface area contributed by atoms with Crippen LogP contribution >= 0.6 is 0 Å². The van der Waals surface area contributed by atoms with E-state index in [0.29, 0.717) is 6.04 Å². The average Bonchev–Trinajstić information content (AvgIpc) is 2.47. The molecule has 0 aromatic carbocycles. The van der Waals surface area contributed by atoms with Crippen molar-refractivity contribution in [3.63, 3.8) is 0 Å². The molecule has 1 rings (SSSR count). The van der Waals surface area contributed by atoms with E-state index in [9.17, 15) is 0 Å². The lowest BCUT2D eigenvalue weighted by atomic mass is 10.2. The maximum atomic E-state index is 4.44. The smallest absolute Gasteiger partial charge is 0.124 e. The lowest BCUT2D eigenvalue weighted by Gasteiger charge is -2.11. The summed E-state index contributed by atoms with van der Waals surface area (Å²) < 4.78 is 1.93. The zero-order valence-electron chi connectivity index (χ0n) is 9.67. The summed E-state index contributed by atoms with van der Waals surface area (Å²) in [5.74, 6) is 1.13. The Bertz CT molecular complexity index is 278. The molecule has 0 aliphatic rings. The van der Waals surface area contributed by atoms with Gasteiger partial charge in [-0.2, -0.15) is 5.10 Å². The van der Waals surface area contributed by atoms with Crippen molar-refractivity contribution >= 4 is 5.82 Å². The van der Waals surface area contributed by atoms with Crippen molar-refractivity contribution in [2.24, 2.45) is 7.05 Å². The number of hydrogen-bond acceptors (Lipinski definition) is 2. The highest BCUT2D eigenvalue weighted by Crippen LogP contribution is 2.12. The number of rotatable bonds is 5. The van der Waals surface area contributed by atoms with Gasteiger partial charge >= 0.3 is 0 Å². The van der Waals surface area contributed by atoms with Crippen molar-refractivity contribution in [3.05, 3.63) is 11.8 Å². The molecule has 14 heavy (non-hydrogen) atoms. The van der Waals surface area contributed by atoms with Crippen molar-refractivity contribution < 1.29 is 0 Å². The quantitative estimate of drug-likeness (QED) is 0.782. The van der Waals surface area contributed by atoms with Gasteiger partial charge < -0.3 is 5.32 Å². The Morgan fingerprint density at radius 3 is 2.79 bits per heavy atom. The maximum absolute atomic E-state index is 4.44. The van der Waals surface area contributed by atoms with Crippen LogP contribution in [0.1, 0.15) is 39.3 Å². The zero-order valence-corrected chi connectivity index (χ0v) is 9.67. The van der Waals surface area contributed by atoms with E-state index in [4.69, 9.17) is 0 Å². The first-order valence-corrected chi connectivity index (χ1v) is 5.46. The molecular weight excluding hydrogens is 174 g/mol. The minimum atomic E-state index is 0.514. The van der Waals surface area contributed by atoms with Crippen LogP contribution in [0.3, 0.4) is 0 Å². The Morgan fingerprint density at radius 2 is 2.21 bits per heavy atom. The zero-order chi connectivity index (χ0) is 10.6. The summed E-state index contributed by atoms with van der Waals surface area (Å²) in [6.45, 7) is 6.55. The van der Waals surface area contributed by atoms with E-state index in [0.717, 1.165) is 25.1 Å². The van der Waals surface area contributed by atoms with Crippen LogP contribution in [0, 0.1) is 0 Å². The van der Waals surface area contributed by atoms with Crippen molar-refractivity contribution in [1.29, 1.82) is 0 Å². The van der Waals surface area contributed by atoms with E-state index in [-0.39, 0.29) is 0 Å². The van der Waals surface area contributed by atoms with Crippen molar-refractivity contribution in [1.82, 2.24) is 9.78 Å². The summed E-state index contributed by atoms with van der Waals surface area (Å²) in [5.41, 5.74) is 1.18. The van der Waals surface area contributed by atoms with Gasteiger partial charge in [-0.15, -0.1) is 0 Å². The molecule has 0 aliphatic carbocycles. The van der Waals surface area contributed by atoms with Gasteiger partial charge in [0.2, 0.25) is 0 Å². The number of aromatic nitrogens is 2. The Kier molecular flexibility index (Phi) is 3.98. The standard InChI is InChI=1S/C11H21N3/c1-5-7-10-8-11(14(4)13-10)12-9(3)6-2/h8-9,12H,5-7H2,1-4H3. The summed E-state index contributed by atoms with van der Waals surface area (Å²) in [5, 5.41) is 7.88. The molecule has 0 saturated carbocycles. The van der Waals surface area contributed by atoms with E-state index >= 15 is 0 Å². The van der Waals surface area contributed by atoms with E-state index < -0.39 is 0 Å². The topological polar surface area (TPSA) is 29.9 Å². The van der Waals surface area contributed by atoms with Crippen molar-refractivity contribution in [2.75, 3.05) is 5.32 Å². The minimum absolute atomic E-state index is 0.514. The first-order chi connectivity index (χ1) is 6.67. The molecule has 1 N–H and O–H groups in total. The third-order valence-electron chi connectivity index (χ3n) is 2.44. The monoisotopic (exact) mass is 195 g/mol. The summed E-state index contributed by atoms with van der Waals surface area (Å²) >= 11 is 0. The highest BCUT2D eigenvalue weighted by atomic mass is 15.3. The molecule has 1 atom stereocenters. The van der Waals surface area contributed by atoms with Gasteiger partial charge in [-0.3, -0.25) is 4.68 Å². The molecule has 1 heterocycles. The Morgan fingerprint density at radius 1 is 1.50 bits per heavy atom. The van der Waals surface area contributed by atoms with Gasteiger partial charge in [0.1, 0.15) is 5.82 Å². The molecule has 0 amide bonds. The van der Waals surface area contributed by atoms with Crippen molar-refractivity contribution in [2.45, 2.75) is 46.1 Å². The summed E-state index contributed by atoms with van der Waals surface area (Å²) in [4.78, 5) is 0. The second kappa shape index (κ2) is 5.03. The van der Waals surface area contributed by atoms with Crippen LogP contribution < -0.4 is 5.32 Å². The first-order valence-electron chi connectivity index (χ1n) is 5.46. The fourth-order valence-electron chi connectivity index (χ4n) is 1.39. The van der Waals surface area contributed by atoms with Crippen LogP contribution in [0.4, 0.5) is 5.82 Å². The number of nitrogens with one attached hydrogen (secondary N) is 1. The van der Waals surface area contributed by atoms with Gasteiger partial charge in [-0.25, -0.2) is 0 Å². The second-order valence-corrected chi connectivity index (χ2v) is 3.85. The molecule has 0 spiro atoms. The normalized spacial score (nSPS) is 12.9. The average molecular weight is 195 g/mol. The van der Waals surface area contributed by atoms with Gasteiger partial charge in [0, 0.05) is 19.2 Å². The lowest BCUT2D eigenvalue weighted by molar-refractivity contribution is 0.706. The van der Waals surface area contributed by atoms with Crippen LogP contribution in [-0.4, -0.2) is 15.8 Å². The highest BCUT2D eigenvalue weighted by Gasteiger charge is 2.05. The number of hydrogen-bond donors (Lipinski definition) is 1. The molecule has 80 valence electrons. The molecule has 0 aliphatic heterocycles. The molecule has 0 saturated heterocycles. The molecule has 1 unspecified atom stereocenters. The first kappa shape index (κ1) is 11.1.